The van der Waals surface area contributed by atoms with Gasteiger partial charge in [-0.15, -0.1) is 0 Å². The molecule has 29 heavy (non-hydrogen) atoms. The number of hydrogen-bond donors (Lipinski definition) is 1. The molecule has 0 saturated carbocycles. The lowest BCUT2D eigenvalue weighted by Gasteiger charge is -2.36. The maximum Gasteiger partial charge on any atom is 0.338 e. The quantitative estimate of drug-likeness (QED) is 0.679. The van der Waals surface area contributed by atoms with Gasteiger partial charge in [-0.3, -0.25) is 4.79 Å². The number of rotatable bonds is 6. The molecule has 0 unspecified atom stereocenters. The molecule has 3 rings (SSSR count). The molecule has 0 spiro atoms. The second-order valence-corrected chi connectivity index (χ2v) is 8.58. The van der Waals surface area contributed by atoms with Crippen LogP contribution in [0.15, 0.2) is 51.6 Å². The summed E-state index contributed by atoms with van der Waals surface area (Å²) in [5, 5.41) is 6.21. The van der Waals surface area contributed by atoms with Crippen molar-refractivity contribution in [2.24, 2.45) is 10.9 Å². The van der Waals surface area contributed by atoms with Crippen LogP contribution >= 0.6 is 23.4 Å². The predicted octanol–water partition coefficient (Wildman–Crippen LogP) is 4.25. The third-order valence-electron chi connectivity index (χ3n) is 4.64. The molecule has 6 nitrogen and oxygen atoms in total. The highest BCUT2D eigenvalue weighted by Crippen LogP contribution is 2.44. The average molecular weight is 434 g/mol. The van der Waals surface area contributed by atoms with Crippen LogP contribution in [-0.2, 0) is 14.3 Å². The molecule has 1 amide bonds. The number of ether oxygens (including phenoxy) is 1. The maximum atomic E-state index is 12.6. The van der Waals surface area contributed by atoms with Gasteiger partial charge in [-0.25, -0.2) is 9.79 Å². The number of thioether (sulfide) groups is 1. The van der Waals surface area contributed by atoms with Crippen molar-refractivity contribution in [2.45, 2.75) is 33.2 Å². The summed E-state index contributed by atoms with van der Waals surface area (Å²) in [6.45, 7) is 6.51. The maximum absolute atomic E-state index is 12.6. The molecule has 2 aliphatic rings. The van der Waals surface area contributed by atoms with E-state index in [-0.39, 0.29) is 12.3 Å². The van der Waals surface area contributed by atoms with Gasteiger partial charge in [0.2, 0.25) is 5.91 Å². The highest BCUT2D eigenvalue weighted by atomic mass is 35.5. The first kappa shape index (κ1) is 21.5. The van der Waals surface area contributed by atoms with Crippen molar-refractivity contribution < 1.29 is 14.3 Å². The lowest BCUT2D eigenvalue weighted by molar-refractivity contribution is -0.136. The molecule has 154 valence electrons. The van der Waals surface area contributed by atoms with E-state index in [0.29, 0.717) is 28.8 Å². The minimum absolute atomic E-state index is 0.0625. The SMILES string of the molecule is COC(=O)C1=C(C)N=C2SC=C(CC(=O)NCC(C)C)N2[C@H]1c1ccc(Cl)cc1. The standard InChI is InChI=1S/C21H24ClN3O3S/c1-12(2)10-23-17(26)9-16-11-29-21-24-13(3)18(20(27)28-4)19(25(16)21)14-5-7-15(22)8-6-14/h5-8,11-12,19H,9-10H2,1-4H3,(H,23,26)/t19-/m0/s1. The van der Waals surface area contributed by atoms with Crippen molar-refractivity contribution >= 4 is 40.4 Å². The van der Waals surface area contributed by atoms with Crippen LogP contribution in [-0.4, -0.2) is 35.6 Å². The first-order valence-electron chi connectivity index (χ1n) is 9.36. The zero-order valence-corrected chi connectivity index (χ0v) is 18.4. The molecule has 2 aliphatic heterocycles. The topological polar surface area (TPSA) is 71.0 Å². The van der Waals surface area contributed by atoms with Gasteiger partial charge in [0.25, 0.3) is 0 Å². The van der Waals surface area contributed by atoms with Crippen LogP contribution in [0.1, 0.15) is 38.8 Å². The molecule has 1 aromatic carbocycles. The summed E-state index contributed by atoms with van der Waals surface area (Å²) in [7, 11) is 1.36. The number of nitrogens with zero attached hydrogens (tertiary/aromatic N) is 2. The van der Waals surface area contributed by atoms with E-state index in [1.54, 1.807) is 19.1 Å². The Morgan fingerprint density at radius 1 is 1.31 bits per heavy atom. The molecule has 0 radical (unpaired) electrons. The second-order valence-electron chi connectivity index (χ2n) is 7.31. The van der Waals surface area contributed by atoms with Crippen molar-refractivity contribution in [3.8, 4) is 0 Å². The molecule has 1 atom stereocenters. The first-order chi connectivity index (χ1) is 13.8. The Kier molecular flexibility index (Phi) is 6.70. The van der Waals surface area contributed by atoms with Crippen LogP contribution in [0, 0.1) is 5.92 Å². The fourth-order valence-electron chi connectivity index (χ4n) is 3.25. The Bertz CT molecular complexity index is 906. The van der Waals surface area contributed by atoms with Crippen LogP contribution < -0.4 is 5.32 Å². The first-order valence-corrected chi connectivity index (χ1v) is 10.6. The number of allylic oxidation sites excluding steroid dienone is 1. The van der Waals surface area contributed by atoms with E-state index < -0.39 is 12.0 Å². The molecule has 0 saturated heterocycles. The molecule has 0 aromatic heterocycles. The molecule has 1 aromatic rings. The number of carbonyl (C=O) groups is 2. The van der Waals surface area contributed by atoms with Gasteiger partial charge in [-0.2, -0.15) is 0 Å². The van der Waals surface area contributed by atoms with Gasteiger partial charge in [0.15, 0.2) is 5.17 Å². The number of amidine groups is 1. The average Bonchev–Trinajstić information content (AvgIpc) is 3.07. The summed E-state index contributed by atoms with van der Waals surface area (Å²) in [5.41, 5.74) is 2.73. The number of nitrogens with one attached hydrogen (secondary N) is 1. The summed E-state index contributed by atoms with van der Waals surface area (Å²) in [5.74, 6) is -0.130. The van der Waals surface area contributed by atoms with E-state index in [4.69, 9.17) is 16.3 Å². The molecule has 0 aliphatic carbocycles. The summed E-state index contributed by atoms with van der Waals surface area (Å²) in [6.07, 6.45) is 0.205. The van der Waals surface area contributed by atoms with Gasteiger partial charge in [0, 0.05) is 17.3 Å². The summed E-state index contributed by atoms with van der Waals surface area (Å²) in [6, 6.07) is 6.89. The molecular weight excluding hydrogens is 410 g/mol. The van der Waals surface area contributed by atoms with Gasteiger partial charge < -0.3 is 15.0 Å². The number of methoxy groups -OCH3 is 1. The fraction of sp³-hybridized carbons (Fsp3) is 0.381. The smallest absolute Gasteiger partial charge is 0.338 e. The van der Waals surface area contributed by atoms with E-state index in [2.05, 4.69) is 10.3 Å². The molecule has 2 heterocycles. The van der Waals surface area contributed by atoms with Crippen molar-refractivity contribution in [3.63, 3.8) is 0 Å². The zero-order chi connectivity index (χ0) is 21.1. The van der Waals surface area contributed by atoms with Crippen molar-refractivity contribution in [2.75, 3.05) is 13.7 Å². The fourth-order valence-corrected chi connectivity index (χ4v) is 4.34. The van der Waals surface area contributed by atoms with Crippen molar-refractivity contribution in [3.05, 3.63) is 57.2 Å². The molecule has 0 fully saturated rings. The summed E-state index contributed by atoms with van der Waals surface area (Å²) in [4.78, 5) is 31.6. The molecule has 8 heteroatoms. The highest BCUT2D eigenvalue weighted by molar-refractivity contribution is 8.16. The van der Waals surface area contributed by atoms with Crippen LogP contribution in [0.5, 0.6) is 0 Å². The number of hydrogen-bond acceptors (Lipinski definition) is 6. The van der Waals surface area contributed by atoms with Crippen LogP contribution in [0.25, 0.3) is 0 Å². The van der Waals surface area contributed by atoms with E-state index >= 15 is 0 Å². The number of esters is 1. The zero-order valence-electron chi connectivity index (χ0n) is 16.9. The Balaban J connectivity index is 1.97. The highest BCUT2D eigenvalue weighted by Gasteiger charge is 2.40. The minimum Gasteiger partial charge on any atom is -0.466 e. The monoisotopic (exact) mass is 433 g/mol. The van der Waals surface area contributed by atoms with E-state index in [0.717, 1.165) is 16.4 Å². The minimum atomic E-state index is -0.439. The Hall–Kier alpha value is -2.25. The second kappa shape index (κ2) is 9.05. The Labute approximate surface area is 180 Å². The normalized spacial score (nSPS) is 18.4. The Morgan fingerprint density at radius 2 is 2.00 bits per heavy atom. The van der Waals surface area contributed by atoms with Gasteiger partial charge in [0.05, 0.1) is 30.8 Å². The number of amides is 1. The molecular formula is C21H24ClN3O3S. The van der Waals surface area contributed by atoms with E-state index in [9.17, 15) is 9.59 Å². The molecule has 1 N–H and O–H groups in total. The van der Waals surface area contributed by atoms with Gasteiger partial charge >= 0.3 is 5.97 Å². The number of fused-ring (bicyclic) bond motifs is 1. The summed E-state index contributed by atoms with van der Waals surface area (Å²) >= 11 is 7.51. The van der Waals surface area contributed by atoms with Gasteiger partial charge in [-0.1, -0.05) is 49.3 Å². The van der Waals surface area contributed by atoms with E-state index in [1.165, 1.54) is 18.9 Å². The predicted molar refractivity (Wildman–Crippen MR) is 116 cm³/mol. The third kappa shape index (κ3) is 4.67. The number of halogens is 1. The van der Waals surface area contributed by atoms with Gasteiger partial charge in [0.1, 0.15) is 0 Å². The van der Waals surface area contributed by atoms with Crippen LogP contribution in [0.4, 0.5) is 0 Å². The van der Waals surface area contributed by atoms with Gasteiger partial charge in [-0.05, 0) is 35.9 Å². The largest absolute Gasteiger partial charge is 0.466 e. The lowest BCUT2D eigenvalue weighted by Crippen LogP contribution is -2.38. The van der Waals surface area contributed by atoms with Crippen LogP contribution in [0.2, 0.25) is 5.02 Å². The summed E-state index contributed by atoms with van der Waals surface area (Å²) < 4.78 is 5.04. The number of carbonyl (C=O) groups excluding carboxylic acids is 2. The van der Waals surface area contributed by atoms with Crippen LogP contribution in [0.3, 0.4) is 0 Å². The van der Waals surface area contributed by atoms with Crippen molar-refractivity contribution in [1.82, 2.24) is 10.2 Å². The van der Waals surface area contributed by atoms with E-state index in [1.807, 2.05) is 36.3 Å². The Morgan fingerprint density at radius 3 is 2.62 bits per heavy atom. The number of benzene rings is 1. The number of aliphatic imine (C=N–C) groups is 1. The van der Waals surface area contributed by atoms with Crippen molar-refractivity contribution in [1.29, 1.82) is 0 Å². The lowest BCUT2D eigenvalue weighted by atomic mass is 9.94. The third-order valence-corrected chi connectivity index (χ3v) is 5.78. The molecule has 0 bridgehead atoms.